The van der Waals surface area contributed by atoms with Crippen molar-refractivity contribution >= 4 is 15.5 Å². The number of sulfone groups is 1. The molecule has 0 saturated carbocycles. The topological polar surface area (TPSA) is 139 Å². The minimum atomic E-state index is -3.98. The van der Waals surface area contributed by atoms with Crippen LogP contribution in [0.5, 0.6) is 0 Å². The zero-order chi connectivity index (χ0) is 17.5. The van der Waals surface area contributed by atoms with Crippen molar-refractivity contribution in [3.8, 4) is 6.07 Å². The molecule has 1 fully saturated rings. The lowest BCUT2D eigenvalue weighted by atomic mass is 9.94. The smallest absolute Gasteiger partial charge is 0.269 e. The summed E-state index contributed by atoms with van der Waals surface area (Å²) < 4.78 is 37.4. The van der Waals surface area contributed by atoms with E-state index in [1.165, 1.54) is 6.92 Å². The van der Waals surface area contributed by atoms with Gasteiger partial charge in [0.1, 0.15) is 5.82 Å². The summed E-state index contributed by atoms with van der Waals surface area (Å²) in [5.41, 5.74) is 3.56. The predicted octanol–water partition coefficient (Wildman–Crippen LogP) is 0.188. The van der Waals surface area contributed by atoms with Crippen LogP contribution in [0.25, 0.3) is 0 Å². The molecule has 1 aromatic rings. The van der Waals surface area contributed by atoms with Crippen LogP contribution in [0.3, 0.4) is 0 Å². The molecule has 0 radical (unpaired) electrons. The Morgan fingerprint density at radius 2 is 2.17 bits per heavy atom. The van der Waals surface area contributed by atoms with Crippen molar-refractivity contribution in [3.63, 3.8) is 0 Å². The summed E-state index contributed by atoms with van der Waals surface area (Å²) in [5, 5.41) is 22.7. The maximum Gasteiger partial charge on any atom is 0.269 e. The van der Waals surface area contributed by atoms with E-state index in [9.17, 15) is 22.9 Å². The Kier molecular flexibility index (Phi) is 4.14. The molecule has 1 heterocycles. The van der Waals surface area contributed by atoms with E-state index < -0.39 is 42.3 Å². The number of non-ortho nitro benzene ring substituents is 1. The van der Waals surface area contributed by atoms with Crippen LogP contribution < -0.4 is 11.1 Å². The molecule has 1 saturated heterocycles. The van der Waals surface area contributed by atoms with Crippen LogP contribution in [0, 0.1) is 27.3 Å². The lowest BCUT2D eigenvalue weighted by Crippen LogP contribution is -2.65. The third kappa shape index (κ3) is 2.90. The van der Waals surface area contributed by atoms with Crippen LogP contribution >= 0.6 is 0 Å². The molecule has 23 heavy (non-hydrogen) atoms. The van der Waals surface area contributed by atoms with Crippen molar-refractivity contribution in [2.24, 2.45) is 5.73 Å². The van der Waals surface area contributed by atoms with E-state index >= 15 is 0 Å². The first-order chi connectivity index (χ1) is 10.5. The molecule has 1 aliphatic rings. The Balaban J connectivity index is 2.42. The van der Waals surface area contributed by atoms with Crippen molar-refractivity contribution < 1.29 is 17.7 Å². The Bertz CT molecular complexity index is 797. The molecular weight excluding hydrogens is 327 g/mol. The second-order valence-electron chi connectivity index (χ2n) is 5.81. The number of hydrogen-bond acceptors (Lipinski definition) is 7. The van der Waals surface area contributed by atoms with Gasteiger partial charge >= 0.3 is 0 Å². The van der Waals surface area contributed by atoms with E-state index in [4.69, 9.17) is 11.0 Å². The minimum absolute atomic E-state index is 0.0284. The molecule has 1 aromatic carbocycles. The second-order valence-corrected chi connectivity index (χ2v) is 8.11. The van der Waals surface area contributed by atoms with Gasteiger partial charge in [-0.25, -0.2) is 12.8 Å². The van der Waals surface area contributed by atoms with Gasteiger partial charge in [-0.2, -0.15) is 5.26 Å². The number of hydrogen-bond donors (Lipinski definition) is 2. The highest BCUT2D eigenvalue weighted by Crippen LogP contribution is 2.31. The standard InChI is InChI=1S/C13H15FN4O4S/c1-12(16,8-23(21,22)13(5-15)6-17-7-13)10-4-9(18(19)20)2-3-11(10)14/h2-4,17H,6-8,16H2,1H3/t12-/m0/s1. The molecule has 0 unspecified atom stereocenters. The normalized spacial score (nSPS) is 19.2. The largest absolute Gasteiger partial charge is 0.321 e. The fourth-order valence-electron chi connectivity index (χ4n) is 2.40. The molecule has 0 bridgehead atoms. The summed E-state index contributed by atoms with van der Waals surface area (Å²) in [5.74, 6) is -1.54. The first-order valence-corrected chi connectivity index (χ1v) is 8.27. The molecular formula is C13H15FN4O4S. The minimum Gasteiger partial charge on any atom is -0.321 e. The summed E-state index contributed by atoms with van der Waals surface area (Å²) in [7, 11) is -3.98. The quantitative estimate of drug-likeness (QED) is 0.575. The van der Waals surface area contributed by atoms with Gasteiger partial charge < -0.3 is 11.1 Å². The Morgan fingerprint density at radius 1 is 1.57 bits per heavy atom. The number of nitro benzene ring substituents is 1. The van der Waals surface area contributed by atoms with E-state index in [2.05, 4.69) is 5.32 Å². The van der Waals surface area contributed by atoms with Crippen molar-refractivity contribution in [2.45, 2.75) is 17.2 Å². The average Bonchev–Trinajstić information content (AvgIpc) is 2.36. The monoisotopic (exact) mass is 342 g/mol. The Hall–Kier alpha value is -2.09. The molecule has 1 aliphatic heterocycles. The van der Waals surface area contributed by atoms with Gasteiger partial charge in [0.15, 0.2) is 14.6 Å². The van der Waals surface area contributed by atoms with Crippen LogP contribution in [0.1, 0.15) is 12.5 Å². The second kappa shape index (κ2) is 5.52. The summed E-state index contributed by atoms with van der Waals surface area (Å²) in [6.07, 6.45) is 0. The van der Waals surface area contributed by atoms with Crippen LogP contribution in [0.15, 0.2) is 18.2 Å². The van der Waals surface area contributed by atoms with Gasteiger partial charge in [0.2, 0.25) is 0 Å². The van der Waals surface area contributed by atoms with Crippen LogP contribution in [0.2, 0.25) is 0 Å². The number of rotatable bonds is 5. The van der Waals surface area contributed by atoms with Gasteiger partial charge in [0.05, 0.1) is 22.3 Å². The number of halogens is 1. The van der Waals surface area contributed by atoms with Gasteiger partial charge in [-0.15, -0.1) is 0 Å². The summed E-state index contributed by atoms with van der Waals surface area (Å²) in [6, 6.07) is 4.52. The molecule has 1 atom stereocenters. The molecule has 2 rings (SSSR count). The number of nitrogens with one attached hydrogen (secondary N) is 1. The van der Waals surface area contributed by atoms with Crippen molar-refractivity contribution in [1.82, 2.24) is 5.32 Å². The first kappa shape index (κ1) is 17.3. The highest BCUT2D eigenvalue weighted by Gasteiger charge is 2.52. The van der Waals surface area contributed by atoms with E-state index in [0.29, 0.717) is 0 Å². The van der Waals surface area contributed by atoms with Gasteiger partial charge in [-0.3, -0.25) is 10.1 Å². The van der Waals surface area contributed by atoms with E-state index in [-0.39, 0.29) is 18.7 Å². The lowest BCUT2D eigenvalue weighted by Gasteiger charge is -2.38. The molecule has 124 valence electrons. The fraction of sp³-hybridized carbons (Fsp3) is 0.462. The van der Waals surface area contributed by atoms with Crippen molar-refractivity contribution in [2.75, 3.05) is 18.8 Å². The SMILES string of the molecule is C[C@](N)(CS(=O)(=O)C1(C#N)CNC1)c1cc([N+](=O)[O-])ccc1F. The number of nitriles is 1. The van der Waals surface area contributed by atoms with Crippen molar-refractivity contribution in [3.05, 3.63) is 39.7 Å². The average molecular weight is 342 g/mol. The zero-order valence-electron chi connectivity index (χ0n) is 12.2. The molecule has 3 N–H and O–H groups in total. The maximum atomic E-state index is 14.0. The predicted molar refractivity (Wildman–Crippen MR) is 79.6 cm³/mol. The summed E-state index contributed by atoms with van der Waals surface area (Å²) in [6.45, 7) is 1.21. The molecule has 0 aliphatic carbocycles. The number of nitro groups is 1. The number of benzene rings is 1. The van der Waals surface area contributed by atoms with Crippen LogP contribution in [-0.4, -0.2) is 36.9 Å². The molecule has 8 nitrogen and oxygen atoms in total. The summed E-state index contributed by atoms with van der Waals surface area (Å²) in [4.78, 5) is 10.1. The van der Waals surface area contributed by atoms with E-state index in [0.717, 1.165) is 18.2 Å². The van der Waals surface area contributed by atoms with Gasteiger partial charge in [-0.1, -0.05) is 0 Å². The molecule has 0 aromatic heterocycles. The van der Waals surface area contributed by atoms with Gasteiger partial charge in [-0.05, 0) is 13.0 Å². The van der Waals surface area contributed by atoms with Crippen LogP contribution in [-0.2, 0) is 15.4 Å². The highest BCUT2D eigenvalue weighted by molar-refractivity contribution is 7.93. The van der Waals surface area contributed by atoms with Crippen LogP contribution in [0.4, 0.5) is 10.1 Å². The maximum absolute atomic E-state index is 14.0. The first-order valence-electron chi connectivity index (χ1n) is 6.62. The van der Waals surface area contributed by atoms with Crippen molar-refractivity contribution in [1.29, 1.82) is 5.26 Å². The zero-order valence-corrected chi connectivity index (χ0v) is 13.1. The molecule has 10 heteroatoms. The number of nitrogens with two attached hydrogens (primary N) is 1. The summed E-state index contributed by atoms with van der Waals surface area (Å²) >= 11 is 0. The van der Waals surface area contributed by atoms with Gasteiger partial charge in [0, 0.05) is 30.8 Å². The van der Waals surface area contributed by atoms with E-state index in [1.807, 2.05) is 0 Å². The van der Waals surface area contributed by atoms with E-state index in [1.54, 1.807) is 6.07 Å². The number of nitrogens with zero attached hydrogens (tertiary/aromatic N) is 2. The lowest BCUT2D eigenvalue weighted by molar-refractivity contribution is -0.385. The third-order valence-electron chi connectivity index (χ3n) is 3.89. The van der Waals surface area contributed by atoms with Gasteiger partial charge in [0.25, 0.3) is 5.69 Å². The highest BCUT2D eigenvalue weighted by atomic mass is 32.2. The Morgan fingerprint density at radius 3 is 2.61 bits per heavy atom. The molecule has 0 amide bonds. The Labute approximate surface area is 132 Å². The molecule has 0 spiro atoms. The fourth-order valence-corrected chi connectivity index (χ4v) is 4.40. The third-order valence-corrected chi connectivity index (χ3v) is 6.44.